The van der Waals surface area contributed by atoms with Crippen LogP contribution in [0.1, 0.15) is 44.7 Å². The van der Waals surface area contributed by atoms with Gasteiger partial charge in [-0.15, -0.1) is 0 Å². The molecule has 2 rings (SSSR count). The molecule has 1 aromatic heterocycles. The predicted molar refractivity (Wildman–Crippen MR) is 62.2 cm³/mol. The predicted octanol–water partition coefficient (Wildman–Crippen LogP) is 2.59. The Balaban J connectivity index is 2.18. The summed E-state index contributed by atoms with van der Waals surface area (Å²) in [6, 6.07) is 2.15. The standard InChI is InChI=1S/C12H19N3/c1-3-10(2)11-8-12(14-9-13-11)15-6-4-5-7-15/h8-10H,3-7H2,1-2H3. The van der Waals surface area contributed by atoms with Crippen LogP contribution in [0.2, 0.25) is 0 Å². The maximum absolute atomic E-state index is 4.35. The molecular weight excluding hydrogens is 186 g/mol. The van der Waals surface area contributed by atoms with E-state index in [1.54, 1.807) is 6.33 Å². The van der Waals surface area contributed by atoms with Gasteiger partial charge in [0.05, 0.1) is 0 Å². The Labute approximate surface area is 91.5 Å². The van der Waals surface area contributed by atoms with E-state index in [2.05, 4.69) is 34.8 Å². The number of aromatic nitrogens is 2. The van der Waals surface area contributed by atoms with Crippen LogP contribution in [0.5, 0.6) is 0 Å². The Morgan fingerprint density at radius 1 is 1.33 bits per heavy atom. The Bertz CT molecular complexity index is 318. The van der Waals surface area contributed by atoms with E-state index in [9.17, 15) is 0 Å². The normalized spacial score (nSPS) is 18.1. The number of hydrogen-bond acceptors (Lipinski definition) is 3. The molecule has 82 valence electrons. The smallest absolute Gasteiger partial charge is 0.132 e. The van der Waals surface area contributed by atoms with E-state index in [0.717, 1.165) is 25.3 Å². The highest BCUT2D eigenvalue weighted by molar-refractivity contribution is 5.40. The monoisotopic (exact) mass is 205 g/mol. The Morgan fingerprint density at radius 3 is 2.73 bits per heavy atom. The van der Waals surface area contributed by atoms with Gasteiger partial charge in [-0.05, 0) is 25.2 Å². The summed E-state index contributed by atoms with van der Waals surface area (Å²) in [6.45, 7) is 6.71. The van der Waals surface area contributed by atoms with Crippen LogP contribution in [-0.2, 0) is 0 Å². The van der Waals surface area contributed by atoms with E-state index in [-0.39, 0.29) is 0 Å². The fourth-order valence-electron chi connectivity index (χ4n) is 1.96. The second-order valence-electron chi connectivity index (χ2n) is 4.30. The molecule has 0 aromatic carbocycles. The highest BCUT2D eigenvalue weighted by Crippen LogP contribution is 2.22. The van der Waals surface area contributed by atoms with E-state index < -0.39 is 0 Å². The van der Waals surface area contributed by atoms with Crippen LogP contribution in [0.3, 0.4) is 0 Å². The molecule has 0 bridgehead atoms. The van der Waals surface area contributed by atoms with Crippen LogP contribution in [0.4, 0.5) is 5.82 Å². The van der Waals surface area contributed by atoms with Crippen molar-refractivity contribution in [3.05, 3.63) is 18.1 Å². The van der Waals surface area contributed by atoms with Gasteiger partial charge in [0.15, 0.2) is 0 Å². The van der Waals surface area contributed by atoms with Gasteiger partial charge in [-0.25, -0.2) is 9.97 Å². The van der Waals surface area contributed by atoms with Gasteiger partial charge in [0.2, 0.25) is 0 Å². The van der Waals surface area contributed by atoms with Crippen molar-refractivity contribution in [2.45, 2.75) is 39.0 Å². The minimum atomic E-state index is 0.536. The van der Waals surface area contributed by atoms with Crippen molar-refractivity contribution in [2.24, 2.45) is 0 Å². The Morgan fingerprint density at radius 2 is 2.07 bits per heavy atom. The molecule has 1 fully saturated rings. The van der Waals surface area contributed by atoms with Crippen molar-refractivity contribution in [3.63, 3.8) is 0 Å². The zero-order valence-electron chi connectivity index (χ0n) is 9.61. The average Bonchev–Trinajstić information content (AvgIpc) is 2.82. The van der Waals surface area contributed by atoms with Crippen molar-refractivity contribution in [2.75, 3.05) is 18.0 Å². The highest BCUT2D eigenvalue weighted by Gasteiger charge is 2.15. The topological polar surface area (TPSA) is 29.0 Å². The van der Waals surface area contributed by atoms with E-state index in [1.165, 1.54) is 18.5 Å². The zero-order chi connectivity index (χ0) is 10.7. The summed E-state index contributed by atoms with van der Waals surface area (Å²) in [5, 5.41) is 0. The molecule has 1 aromatic rings. The first-order valence-corrected chi connectivity index (χ1v) is 5.88. The van der Waals surface area contributed by atoms with Crippen molar-refractivity contribution in [3.8, 4) is 0 Å². The first-order chi connectivity index (χ1) is 7.31. The summed E-state index contributed by atoms with van der Waals surface area (Å²) in [7, 11) is 0. The molecule has 0 amide bonds. The van der Waals surface area contributed by atoms with Crippen LogP contribution in [0, 0.1) is 0 Å². The van der Waals surface area contributed by atoms with Crippen LogP contribution in [0.25, 0.3) is 0 Å². The van der Waals surface area contributed by atoms with Gasteiger partial charge in [0, 0.05) is 24.8 Å². The average molecular weight is 205 g/mol. The zero-order valence-corrected chi connectivity index (χ0v) is 9.61. The molecule has 1 atom stereocenters. The van der Waals surface area contributed by atoms with Crippen LogP contribution in [0.15, 0.2) is 12.4 Å². The highest BCUT2D eigenvalue weighted by atomic mass is 15.2. The van der Waals surface area contributed by atoms with E-state index >= 15 is 0 Å². The van der Waals surface area contributed by atoms with Crippen molar-refractivity contribution in [1.29, 1.82) is 0 Å². The Hall–Kier alpha value is -1.12. The summed E-state index contributed by atoms with van der Waals surface area (Å²) in [5.41, 5.74) is 1.18. The van der Waals surface area contributed by atoms with Crippen molar-refractivity contribution in [1.82, 2.24) is 9.97 Å². The lowest BCUT2D eigenvalue weighted by atomic mass is 10.1. The van der Waals surface area contributed by atoms with Gasteiger partial charge in [-0.2, -0.15) is 0 Å². The molecule has 1 unspecified atom stereocenters. The second-order valence-corrected chi connectivity index (χ2v) is 4.30. The lowest BCUT2D eigenvalue weighted by Gasteiger charge is -2.17. The molecule has 0 saturated carbocycles. The second kappa shape index (κ2) is 4.60. The van der Waals surface area contributed by atoms with E-state index in [1.807, 2.05) is 0 Å². The third-order valence-electron chi connectivity index (χ3n) is 3.22. The first-order valence-electron chi connectivity index (χ1n) is 5.88. The van der Waals surface area contributed by atoms with Crippen LogP contribution in [-0.4, -0.2) is 23.1 Å². The maximum atomic E-state index is 4.35. The van der Waals surface area contributed by atoms with Crippen LogP contribution >= 0.6 is 0 Å². The number of hydrogen-bond donors (Lipinski definition) is 0. The molecule has 1 aliphatic heterocycles. The van der Waals surface area contributed by atoms with Crippen molar-refractivity contribution < 1.29 is 0 Å². The SMILES string of the molecule is CCC(C)c1cc(N2CCCC2)ncn1. The molecule has 0 radical (unpaired) electrons. The summed E-state index contributed by atoms with van der Waals surface area (Å²) < 4.78 is 0. The molecule has 3 heteroatoms. The van der Waals surface area contributed by atoms with Gasteiger partial charge in [-0.1, -0.05) is 13.8 Å². The van der Waals surface area contributed by atoms with E-state index in [0.29, 0.717) is 5.92 Å². The largest absolute Gasteiger partial charge is 0.357 e. The molecule has 15 heavy (non-hydrogen) atoms. The summed E-state index contributed by atoms with van der Waals surface area (Å²) in [6.07, 6.45) is 5.43. The lowest BCUT2D eigenvalue weighted by molar-refractivity contribution is 0.702. The number of nitrogens with zero attached hydrogens (tertiary/aromatic N) is 3. The quantitative estimate of drug-likeness (QED) is 0.759. The maximum Gasteiger partial charge on any atom is 0.132 e. The molecule has 0 N–H and O–H groups in total. The van der Waals surface area contributed by atoms with E-state index in [4.69, 9.17) is 0 Å². The molecule has 2 heterocycles. The minimum Gasteiger partial charge on any atom is -0.357 e. The van der Waals surface area contributed by atoms with Gasteiger partial charge in [0.25, 0.3) is 0 Å². The Kier molecular flexibility index (Phi) is 3.19. The lowest BCUT2D eigenvalue weighted by Crippen LogP contribution is -2.19. The minimum absolute atomic E-state index is 0.536. The molecule has 1 aliphatic rings. The number of rotatable bonds is 3. The molecular formula is C12H19N3. The molecule has 1 saturated heterocycles. The third kappa shape index (κ3) is 2.28. The molecule has 3 nitrogen and oxygen atoms in total. The van der Waals surface area contributed by atoms with Gasteiger partial charge in [-0.3, -0.25) is 0 Å². The fraction of sp³-hybridized carbons (Fsp3) is 0.667. The van der Waals surface area contributed by atoms with Crippen LogP contribution < -0.4 is 4.90 Å². The fourth-order valence-corrected chi connectivity index (χ4v) is 1.96. The first kappa shape index (κ1) is 10.4. The number of anilines is 1. The summed E-state index contributed by atoms with van der Waals surface area (Å²) in [5.74, 6) is 1.65. The van der Waals surface area contributed by atoms with Gasteiger partial charge < -0.3 is 4.90 Å². The third-order valence-corrected chi connectivity index (χ3v) is 3.22. The molecule has 0 aliphatic carbocycles. The summed E-state index contributed by atoms with van der Waals surface area (Å²) >= 11 is 0. The van der Waals surface area contributed by atoms with Gasteiger partial charge in [0.1, 0.15) is 12.1 Å². The summed E-state index contributed by atoms with van der Waals surface area (Å²) in [4.78, 5) is 11.1. The van der Waals surface area contributed by atoms with Crippen molar-refractivity contribution >= 4 is 5.82 Å². The molecule has 0 spiro atoms. The van der Waals surface area contributed by atoms with Gasteiger partial charge >= 0.3 is 0 Å².